The molecule has 0 saturated heterocycles. The standard InChI is InChI=1S/C17H18O/c1-13-7-6-8-15(11-13)12-17(14(2)18)16-9-4-3-5-10-16/h3-12,14,18H,1-2H3/b17-12-. The molecule has 2 aromatic rings. The van der Waals surface area contributed by atoms with Crippen LogP contribution in [-0.2, 0) is 0 Å². The quantitative estimate of drug-likeness (QED) is 0.804. The van der Waals surface area contributed by atoms with Gasteiger partial charge in [-0.25, -0.2) is 0 Å². The van der Waals surface area contributed by atoms with Crippen LogP contribution in [0.3, 0.4) is 0 Å². The maximum absolute atomic E-state index is 9.93. The monoisotopic (exact) mass is 238 g/mol. The van der Waals surface area contributed by atoms with Gasteiger partial charge < -0.3 is 5.11 Å². The van der Waals surface area contributed by atoms with Crippen molar-refractivity contribution < 1.29 is 5.11 Å². The molecule has 0 fully saturated rings. The Morgan fingerprint density at radius 1 is 1.06 bits per heavy atom. The predicted octanol–water partition coefficient (Wildman–Crippen LogP) is 3.92. The highest BCUT2D eigenvalue weighted by molar-refractivity contribution is 5.83. The van der Waals surface area contributed by atoms with Gasteiger partial charge in [-0.2, -0.15) is 0 Å². The van der Waals surface area contributed by atoms with Crippen LogP contribution in [0.4, 0.5) is 0 Å². The van der Waals surface area contributed by atoms with E-state index in [1.54, 1.807) is 6.92 Å². The molecule has 1 N–H and O–H groups in total. The van der Waals surface area contributed by atoms with E-state index in [4.69, 9.17) is 0 Å². The van der Waals surface area contributed by atoms with Gasteiger partial charge in [0.2, 0.25) is 0 Å². The molecule has 0 aliphatic carbocycles. The molecule has 0 saturated carbocycles. The van der Waals surface area contributed by atoms with E-state index in [0.29, 0.717) is 0 Å². The molecule has 92 valence electrons. The van der Waals surface area contributed by atoms with Crippen molar-refractivity contribution in [2.75, 3.05) is 0 Å². The van der Waals surface area contributed by atoms with E-state index in [2.05, 4.69) is 25.1 Å². The zero-order valence-electron chi connectivity index (χ0n) is 10.8. The van der Waals surface area contributed by atoms with Crippen LogP contribution in [0, 0.1) is 6.92 Å². The van der Waals surface area contributed by atoms with Gasteiger partial charge in [-0.15, -0.1) is 0 Å². The average Bonchev–Trinajstić information content (AvgIpc) is 2.37. The molecule has 18 heavy (non-hydrogen) atoms. The third-order valence-corrected chi connectivity index (χ3v) is 2.92. The number of hydrogen-bond acceptors (Lipinski definition) is 1. The van der Waals surface area contributed by atoms with Crippen LogP contribution in [0.15, 0.2) is 54.6 Å². The van der Waals surface area contributed by atoms with Gasteiger partial charge in [0.05, 0.1) is 6.10 Å². The van der Waals surface area contributed by atoms with Crippen molar-refractivity contribution in [3.8, 4) is 0 Å². The normalized spacial score (nSPS) is 13.4. The molecule has 1 unspecified atom stereocenters. The van der Waals surface area contributed by atoms with Gasteiger partial charge in [-0.3, -0.25) is 0 Å². The lowest BCUT2D eigenvalue weighted by molar-refractivity contribution is 0.254. The van der Waals surface area contributed by atoms with E-state index in [0.717, 1.165) is 16.7 Å². The summed E-state index contributed by atoms with van der Waals surface area (Å²) in [5.41, 5.74) is 4.35. The number of benzene rings is 2. The summed E-state index contributed by atoms with van der Waals surface area (Å²) < 4.78 is 0. The molecule has 0 aromatic heterocycles. The molecule has 1 atom stereocenters. The van der Waals surface area contributed by atoms with Crippen LogP contribution in [0.25, 0.3) is 11.6 Å². The molecule has 2 rings (SSSR count). The molecule has 1 nitrogen and oxygen atoms in total. The molecular formula is C17H18O. The first-order chi connectivity index (χ1) is 8.66. The summed E-state index contributed by atoms with van der Waals surface area (Å²) in [6, 6.07) is 18.3. The van der Waals surface area contributed by atoms with Crippen molar-refractivity contribution in [1.29, 1.82) is 0 Å². The second-order valence-corrected chi connectivity index (χ2v) is 4.56. The minimum atomic E-state index is -0.479. The summed E-state index contributed by atoms with van der Waals surface area (Å²) in [5, 5.41) is 9.93. The van der Waals surface area contributed by atoms with Crippen LogP contribution in [-0.4, -0.2) is 11.2 Å². The molecule has 0 bridgehead atoms. The van der Waals surface area contributed by atoms with Gasteiger partial charge in [0, 0.05) is 0 Å². The van der Waals surface area contributed by atoms with E-state index < -0.39 is 6.10 Å². The SMILES string of the molecule is Cc1cccc(/C=C(\c2ccccc2)C(C)O)c1. The molecular weight excluding hydrogens is 220 g/mol. The number of aliphatic hydroxyl groups excluding tert-OH is 1. The lowest BCUT2D eigenvalue weighted by Crippen LogP contribution is -2.03. The highest BCUT2D eigenvalue weighted by Crippen LogP contribution is 2.22. The molecule has 0 heterocycles. The number of aliphatic hydroxyl groups is 1. The maximum Gasteiger partial charge on any atom is 0.0767 e. The van der Waals surface area contributed by atoms with Gasteiger partial charge in [0.25, 0.3) is 0 Å². The Morgan fingerprint density at radius 2 is 1.78 bits per heavy atom. The van der Waals surface area contributed by atoms with Crippen molar-refractivity contribution in [1.82, 2.24) is 0 Å². The van der Waals surface area contributed by atoms with Crippen molar-refractivity contribution in [3.05, 3.63) is 71.3 Å². The average molecular weight is 238 g/mol. The van der Waals surface area contributed by atoms with Crippen molar-refractivity contribution in [2.24, 2.45) is 0 Å². The van der Waals surface area contributed by atoms with Crippen LogP contribution >= 0.6 is 0 Å². The number of hydrogen-bond donors (Lipinski definition) is 1. The Labute approximate surface area is 108 Å². The van der Waals surface area contributed by atoms with E-state index >= 15 is 0 Å². The maximum atomic E-state index is 9.93. The van der Waals surface area contributed by atoms with Crippen LogP contribution in [0.1, 0.15) is 23.6 Å². The summed E-state index contributed by atoms with van der Waals surface area (Å²) in [7, 11) is 0. The molecule has 0 amide bonds. The predicted molar refractivity (Wildman–Crippen MR) is 77.2 cm³/mol. The Kier molecular flexibility index (Phi) is 3.96. The number of aryl methyl sites for hydroxylation is 1. The third kappa shape index (κ3) is 3.08. The Balaban J connectivity index is 2.43. The van der Waals surface area contributed by atoms with Crippen molar-refractivity contribution in [2.45, 2.75) is 20.0 Å². The largest absolute Gasteiger partial charge is 0.389 e. The van der Waals surface area contributed by atoms with Gasteiger partial charge >= 0.3 is 0 Å². The van der Waals surface area contributed by atoms with E-state index in [1.807, 2.05) is 42.5 Å². The van der Waals surface area contributed by atoms with E-state index in [9.17, 15) is 5.11 Å². The first-order valence-electron chi connectivity index (χ1n) is 6.18. The Hall–Kier alpha value is -1.86. The summed E-state index contributed by atoms with van der Waals surface area (Å²) in [6.45, 7) is 3.87. The fraction of sp³-hybridized carbons (Fsp3) is 0.176. The molecule has 0 aliphatic heterocycles. The molecule has 2 aromatic carbocycles. The first-order valence-corrected chi connectivity index (χ1v) is 6.18. The van der Waals surface area contributed by atoms with Gasteiger partial charge in [-0.1, -0.05) is 60.2 Å². The molecule has 0 aliphatic rings. The smallest absolute Gasteiger partial charge is 0.0767 e. The summed E-state index contributed by atoms with van der Waals surface area (Å²) >= 11 is 0. The van der Waals surface area contributed by atoms with Gasteiger partial charge in [-0.05, 0) is 36.6 Å². The van der Waals surface area contributed by atoms with Crippen LogP contribution < -0.4 is 0 Å². The fourth-order valence-electron chi connectivity index (χ4n) is 2.02. The summed E-state index contributed by atoms with van der Waals surface area (Å²) in [4.78, 5) is 0. The Bertz CT molecular complexity index is 539. The first kappa shape index (κ1) is 12.6. The third-order valence-electron chi connectivity index (χ3n) is 2.92. The van der Waals surface area contributed by atoms with Crippen molar-refractivity contribution in [3.63, 3.8) is 0 Å². The topological polar surface area (TPSA) is 20.2 Å². The van der Waals surface area contributed by atoms with Gasteiger partial charge in [0.15, 0.2) is 0 Å². The summed E-state index contributed by atoms with van der Waals surface area (Å²) in [6.07, 6.45) is 1.57. The van der Waals surface area contributed by atoms with Crippen molar-refractivity contribution >= 4 is 11.6 Å². The Morgan fingerprint density at radius 3 is 2.39 bits per heavy atom. The second-order valence-electron chi connectivity index (χ2n) is 4.56. The highest BCUT2D eigenvalue weighted by Gasteiger charge is 2.07. The fourth-order valence-corrected chi connectivity index (χ4v) is 2.02. The van der Waals surface area contributed by atoms with Crippen LogP contribution in [0.2, 0.25) is 0 Å². The summed E-state index contributed by atoms with van der Waals surface area (Å²) in [5.74, 6) is 0. The highest BCUT2D eigenvalue weighted by atomic mass is 16.3. The number of rotatable bonds is 3. The molecule has 1 heteroatoms. The minimum absolute atomic E-state index is 0.479. The zero-order valence-corrected chi connectivity index (χ0v) is 10.8. The van der Waals surface area contributed by atoms with Crippen LogP contribution in [0.5, 0.6) is 0 Å². The van der Waals surface area contributed by atoms with E-state index in [1.165, 1.54) is 5.56 Å². The van der Waals surface area contributed by atoms with E-state index in [-0.39, 0.29) is 0 Å². The van der Waals surface area contributed by atoms with Gasteiger partial charge in [0.1, 0.15) is 0 Å². The zero-order chi connectivity index (χ0) is 13.0. The second kappa shape index (κ2) is 5.65. The lowest BCUT2D eigenvalue weighted by Gasteiger charge is -2.11. The lowest BCUT2D eigenvalue weighted by atomic mass is 9.98. The minimum Gasteiger partial charge on any atom is -0.389 e. The molecule has 0 spiro atoms. The molecule has 0 radical (unpaired) electrons.